The Kier molecular flexibility index (Phi) is 5.30. The Labute approximate surface area is 126 Å². The van der Waals surface area contributed by atoms with Crippen LogP contribution in [0.4, 0.5) is 4.39 Å². The molecule has 2 aromatic rings. The van der Waals surface area contributed by atoms with Crippen molar-refractivity contribution < 1.29 is 4.39 Å². The molecule has 2 rings (SSSR count). The van der Waals surface area contributed by atoms with Crippen LogP contribution in [0.5, 0.6) is 0 Å². The molecule has 0 atom stereocenters. The standard InChI is InChI=1S/C13H16ClFN2S2/c1-19-6-4-2-3-5-17-12-7-9(14)10(15)8-11(12)16-13(17)18/h7-8H,2-6H2,1H3,(H,16,18). The second-order valence-electron chi connectivity index (χ2n) is 4.42. The van der Waals surface area contributed by atoms with E-state index in [0.717, 1.165) is 18.5 Å². The number of unbranched alkanes of at least 4 members (excludes halogenated alkanes) is 2. The Bertz CT molecular complexity index is 621. The summed E-state index contributed by atoms with van der Waals surface area (Å²) in [6.45, 7) is 0.842. The zero-order chi connectivity index (χ0) is 13.8. The molecule has 0 bridgehead atoms. The molecule has 1 N–H and O–H groups in total. The first-order valence-corrected chi connectivity index (χ1v) is 8.38. The molecule has 104 valence electrons. The molecule has 0 aliphatic carbocycles. The summed E-state index contributed by atoms with van der Waals surface area (Å²) in [5, 5.41) is 0.137. The van der Waals surface area contributed by atoms with Gasteiger partial charge in [-0.2, -0.15) is 11.8 Å². The van der Waals surface area contributed by atoms with E-state index in [0.29, 0.717) is 10.3 Å². The van der Waals surface area contributed by atoms with Crippen molar-refractivity contribution in [2.75, 3.05) is 12.0 Å². The average molecular weight is 319 g/mol. The molecule has 0 radical (unpaired) electrons. The maximum absolute atomic E-state index is 13.4. The quantitative estimate of drug-likeness (QED) is 0.596. The van der Waals surface area contributed by atoms with E-state index < -0.39 is 5.82 Å². The molecule has 0 saturated heterocycles. The minimum absolute atomic E-state index is 0.137. The Hall–Kier alpha value is -0.520. The summed E-state index contributed by atoms with van der Waals surface area (Å²) in [6, 6.07) is 3.04. The lowest BCUT2D eigenvalue weighted by atomic mass is 10.2. The van der Waals surface area contributed by atoms with Gasteiger partial charge in [0.05, 0.1) is 16.1 Å². The molecule has 0 amide bonds. The van der Waals surface area contributed by atoms with Gasteiger partial charge in [0.2, 0.25) is 0 Å². The van der Waals surface area contributed by atoms with Gasteiger partial charge in [-0.05, 0) is 43.1 Å². The monoisotopic (exact) mass is 318 g/mol. The predicted molar refractivity (Wildman–Crippen MR) is 84.3 cm³/mol. The van der Waals surface area contributed by atoms with E-state index in [2.05, 4.69) is 11.2 Å². The van der Waals surface area contributed by atoms with Crippen LogP contribution in [-0.4, -0.2) is 21.6 Å². The summed E-state index contributed by atoms with van der Waals surface area (Å²) in [4.78, 5) is 3.02. The molecule has 0 aliphatic rings. The third-order valence-electron chi connectivity index (χ3n) is 3.05. The number of hydrogen-bond acceptors (Lipinski definition) is 2. The van der Waals surface area contributed by atoms with E-state index in [1.807, 2.05) is 16.3 Å². The van der Waals surface area contributed by atoms with Crippen molar-refractivity contribution in [1.29, 1.82) is 0 Å². The van der Waals surface area contributed by atoms with Gasteiger partial charge in [0.15, 0.2) is 4.77 Å². The second kappa shape index (κ2) is 6.77. The molecular weight excluding hydrogens is 303 g/mol. The number of thioether (sulfide) groups is 1. The minimum Gasteiger partial charge on any atom is -0.330 e. The van der Waals surface area contributed by atoms with Crippen molar-refractivity contribution >= 4 is 46.6 Å². The van der Waals surface area contributed by atoms with E-state index in [4.69, 9.17) is 23.8 Å². The van der Waals surface area contributed by atoms with Crippen LogP contribution in [0.2, 0.25) is 5.02 Å². The summed E-state index contributed by atoms with van der Waals surface area (Å²) in [6.07, 6.45) is 5.57. The molecule has 0 fully saturated rings. The van der Waals surface area contributed by atoms with Crippen molar-refractivity contribution in [2.24, 2.45) is 0 Å². The molecule has 1 heterocycles. The van der Waals surface area contributed by atoms with E-state index in [1.54, 1.807) is 6.07 Å². The smallest absolute Gasteiger partial charge is 0.178 e. The normalized spacial score (nSPS) is 11.3. The summed E-state index contributed by atoms with van der Waals surface area (Å²) < 4.78 is 16.0. The highest BCUT2D eigenvalue weighted by atomic mass is 35.5. The van der Waals surface area contributed by atoms with E-state index >= 15 is 0 Å². The van der Waals surface area contributed by atoms with Crippen LogP contribution in [0.3, 0.4) is 0 Å². The fourth-order valence-corrected chi connectivity index (χ4v) is 3.02. The number of nitrogens with one attached hydrogen (secondary N) is 1. The lowest BCUT2D eigenvalue weighted by Gasteiger charge is -2.05. The van der Waals surface area contributed by atoms with Crippen LogP contribution in [-0.2, 0) is 6.54 Å². The molecule has 0 spiro atoms. The number of H-pyrrole nitrogens is 1. The average Bonchev–Trinajstić information content (AvgIpc) is 2.66. The molecule has 6 heteroatoms. The van der Waals surface area contributed by atoms with Gasteiger partial charge < -0.3 is 9.55 Å². The van der Waals surface area contributed by atoms with Crippen molar-refractivity contribution in [2.45, 2.75) is 25.8 Å². The van der Waals surface area contributed by atoms with E-state index in [1.165, 1.54) is 24.7 Å². The number of benzene rings is 1. The maximum Gasteiger partial charge on any atom is 0.178 e. The number of aromatic nitrogens is 2. The van der Waals surface area contributed by atoms with Gasteiger partial charge in [0, 0.05) is 12.6 Å². The molecule has 0 aliphatic heterocycles. The highest BCUT2D eigenvalue weighted by Crippen LogP contribution is 2.23. The summed E-state index contributed by atoms with van der Waals surface area (Å²) in [5.41, 5.74) is 1.58. The van der Waals surface area contributed by atoms with Gasteiger partial charge in [-0.1, -0.05) is 18.0 Å². The van der Waals surface area contributed by atoms with Crippen LogP contribution < -0.4 is 0 Å². The molecule has 19 heavy (non-hydrogen) atoms. The third-order valence-corrected chi connectivity index (χ3v) is 4.36. The molecular formula is C13H16ClFN2S2. The third kappa shape index (κ3) is 3.52. The van der Waals surface area contributed by atoms with Crippen LogP contribution in [0.25, 0.3) is 11.0 Å². The van der Waals surface area contributed by atoms with E-state index in [9.17, 15) is 4.39 Å². The molecule has 0 saturated carbocycles. The Morgan fingerprint density at radius 2 is 2.16 bits per heavy atom. The largest absolute Gasteiger partial charge is 0.330 e. The van der Waals surface area contributed by atoms with Crippen LogP contribution in [0.15, 0.2) is 12.1 Å². The highest BCUT2D eigenvalue weighted by Gasteiger charge is 2.08. The lowest BCUT2D eigenvalue weighted by molar-refractivity contribution is 0.610. The van der Waals surface area contributed by atoms with Gasteiger partial charge in [0.1, 0.15) is 5.82 Å². The predicted octanol–water partition coefficient (Wildman–Crippen LogP) is 5.02. The first kappa shape index (κ1) is 14.9. The molecule has 1 aromatic carbocycles. The number of fused-ring (bicyclic) bond motifs is 1. The first-order valence-electron chi connectivity index (χ1n) is 6.20. The number of halogens is 2. The van der Waals surface area contributed by atoms with Gasteiger partial charge in [0.25, 0.3) is 0 Å². The molecule has 2 nitrogen and oxygen atoms in total. The van der Waals surface area contributed by atoms with Gasteiger partial charge in [-0.3, -0.25) is 0 Å². The van der Waals surface area contributed by atoms with E-state index in [-0.39, 0.29) is 5.02 Å². The van der Waals surface area contributed by atoms with Gasteiger partial charge >= 0.3 is 0 Å². The zero-order valence-electron chi connectivity index (χ0n) is 10.7. The van der Waals surface area contributed by atoms with Gasteiger partial charge in [-0.25, -0.2) is 4.39 Å². The molecule has 0 unspecified atom stereocenters. The number of nitrogens with zero attached hydrogens (tertiary/aromatic N) is 1. The highest BCUT2D eigenvalue weighted by molar-refractivity contribution is 7.98. The van der Waals surface area contributed by atoms with Crippen LogP contribution in [0.1, 0.15) is 19.3 Å². The SMILES string of the molecule is CSCCCCCn1c(=S)[nH]c2cc(F)c(Cl)cc21. The number of aryl methyl sites for hydroxylation is 1. The number of rotatable bonds is 6. The minimum atomic E-state index is -0.419. The van der Waals surface area contributed by atoms with Crippen molar-refractivity contribution in [3.05, 3.63) is 27.7 Å². The van der Waals surface area contributed by atoms with Crippen molar-refractivity contribution in [3.63, 3.8) is 0 Å². The fourth-order valence-electron chi connectivity index (χ4n) is 2.07. The summed E-state index contributed by atoms with van der Waals surface area (Å²) in [7, 11) is 0. The maximum atomic E-state index is 13.4. The lowest BCUT2D eigenvalue weighted by Crippen LogP contribution is -1.98. The van der Waals surface area contributed by atoms with Crippen LogP contribution >= 0.6 is 35.6 Å². The Balaban J connectivity index is 2.16. The van der Waals surface area contributed by atoms with Crippen molar-refractivity contribution in [1.82, 2.24) is 9.55 Å². The van der Waals surface area contributed by atoms with Crippen LogP contribution in [0, 0.1) is 10.6 Å². The van der Waals surface area contributed by atoms with Crippen molar-refractivity contribution in [3.8, 4) is 0 Å². The number of hydrogen-bond donors (Lipinski definition) is 1. The zero-order valence-corrected chi connectivity index (χ0v) is 13.1. The topological polar surface area (TPSA) is 20.7 Å². The Morgan fingerprint density at radius 3 is 2.89 bits per heavy atom. The Morgan fingerprint density at radius 1 is 1.37 bits per heavy atom. The van der Waals surface area contributed by atoms with Gasteiger partial charge in [-0.15, -0.1) is 0 Å². The number of imidazole rings is 1. The second-order valence-corrected chi connectivity index (χ2v) is 6.20. The summed E-state index contributed by atoms with van der Waals surface area (Å²) >= 11 is 13.0. The fraction of sp³-hybridized carbons (Fsp3) is 0.462. The molecule has 1 aromatic heterocycles. The number of aromatic amines is 1. The summed E-state index contributed by atoms with van der Waals surface area (Å²) in [5.74, 6) is 0.772. The first-order chi connectivity index (χ1) is 9.13.